The van der Waals surface area contributed by atoms with Gasteiger partial charge in [-0.2, -0.15) is 0 Å². The molecule has 28 heavy (non-hydrogen) atoms. The second-order valence-electron chi connectivity index (χ2n) is 7.07. The van der Waals surface area contributed by atoms with E-state index in [1.165, 1.54) is 6.20 Å². The van der Waals surface area contributed by atoms with E-state index in [2.05, 4.69) is 25.6 Å². The summed E-state index contributed by atoms with van der Waals surface area (Å²) < 4.78 is 14.6. The summed E-state index contributed by atoms with van der Waals surface area (Å²) in [6.45, 7) is 3.76. The number of carbonyl (C=O) groups excluding carboxylic acids is 1. The topological polar surface area (TPSA) is 83.0 Å². The zero-order valence-corrected chi connectivity index (χ0v) is 16.3. The molecule has 1 saturated heterocycles. The van der Waals surface area contributed by atoms with Crippen molar-refractivity contribution >= 4 is 29.1 Å². The maximum atomic E-state index is 14.6. The van der Waals surface area contributed by atoms with Gasteiger partial charge in [-0.15, -0.1) is 0 Å². The van der Waals surface area contributed by atoms with E-state index in [0.717, 1.165) is 24.2 Å². The molecule has 2 aromatic heterocycles. The summed E-state index contributed by atoms with van der Waals surface area (Å²) in [6, 6.07) is 1.42. The summed E-state index contributed by atoms with van der Waals surface area (Å²) >= 11 is 6.09. The Morgan fingerprint density at radius 1 is 1.43 bits per heavy atom. The van der Waals surface area contributed by atoms with Gasteiger partial charge in [0.25, 0.3) is 0 Å². The van der Waals surface area contributed by atoms with Gasteiger partial charge in [-0.25, -0.2) is 19.3 Å². The zero-order chi connectivity index (χ0) is 19.7. The average molecular weight is 405 g/mol. The molecule has 2 aromatic rings. The molecular formula is C19H22ClFN6O. The quantitative estimate of drug-likeness (QED) is 0.797. The minimum Gasteiger partial charge on any atom is -0.369 e. The number of nitrogens with zero attached hydrogens (tertiary/aromatic N) is 4. The monoisotopic (exact) mass is 404 g/mol. The lowest BCUT2D eigenvalue weighted by Gasteiger charge is -2.25. The Hall–Kier alpha value is -2.48. The number of hydrogen-bond acceptors (Lipinski definition) is 6. The van der Waals surface area contributed by atoms with Crippen LogP contribution in [-0.2, 0) is 4.79 Å². The van der Waals surface area contributed by atoms with Crippen LogP contribution in [0.2, 0.25) is 5.02 Å². The van der Waals surface area contributed by atoms with Crippen molar-refractivity contribution in [1.29, 1.82) is 0 Å². The van der Waals surface area contributed by atoms with E-state index in [1.54, 1.807) is 11.1 Å². The largest absolute Gasteiger partial charge is 0.369 e. The Bertz CT molecular complexity index is 895. The van der Waals surface area contributed by atoms with E-state index in [1.807, 2.05) is 13.0 Å². The molecule has 0 aliphatic carbocycles. The van der Waals surface area contributed by atoms with Crippen LogP contribution in [-0.4, -0.2) is 46.5 Å². The maximum absolute atomic E-state index is 14.6. The van der Waals surface area contributed by atoms with Gasteiger partial charge in [0.05, 0.1) is 17.1 Å². The maximum Gasteiger partial charge on any atom is 0.242 e. The van der Waals surface area contributed by atoms with Gasteiger partial charge in [-0.1, -0.05) is 18.5 Å². The summed E-state index contributed by atoms with van der Waals surface area (Å²) in [5.74, 6) is 0.642. The Labute approximate surface area is 167 Å². The lowest BCUT2D eigenvalue weighted by Crippen LogP contribution is -2.44. The van der Waals surface area contributed by atoms with Crippen molar-refractivity contribution in [3.05, 3.63) is 40.7 Å². The van der Waals surface area contributed by atoms with Crippen molar-refractivity contribution in [2.45, 2.75) is 38.1 Å². The van der Waals surface area contributed by atoms with Crippen molar-refractivity contribution < 1.29 is 9.18 Å². The third-order valence-corrected chi connectivity index (χ3v) is 5.37. The highest BCUT2D eigenvalue weighted by Gasteiger charge is 2.35. The molecule has 1 unspecified atom stereocenters. The molecule has 4 heterocycles. The van der Waals surface area contributed by atoms with Crippen LogP contribution >= 0.6 is 11.6 Å². The third-order valence-electron chi connectivity index (χ3n) is 5.17. The first-order valence-corrected chi connectivity index (χ1v) is 9.92. The molecule has 0 bridgehead atoms. The molecule has 1 fully saturated rings. The molecule has 0 aromatic carbocycles. The summed E-state index contributed by atoms with van der Waals surface area (Å²) in [5.41, 5.74) is 0.892. The first-order chi connectivity index (χ1) is 13.6. The number of carbonyl (C=O) groups is 1. The number of aromatic nitrogens is 3. The van der Waals surface area contributed by atoms with E-state index in [9.17, 15) is 9.18 Å². The standard InChI is InChI=1S/C19H22ClFN6O/c1-2-5-22-19(28)15-4-3-6-27(15)18-14(21)10-25-17(26-18)13-9-24-16-12(13)7-11(20)8-23-16/h7-8,10,13,15H,2-6,9H2,1H3,(H,22,28)(H,23,24)/t13?,15-/m1/s1. The minimum atomic E-state index is -0.519. The molecule has 9 heteroatoms. The fourth-order valence-electron chi connectivity index (χ4n) is 3.81. The molecule has 4 rings (SSSR count). The lowest BCUT2D eigenvalue weighted by molar-refractivity contribution is -0.122. The van der Waals surface area contributed by atoms with E-state index in [4.69, 9.17) is 11.6 Å². The molecular weight excluding hydrogens is 383 g/mol. The Morgan fingerprint density at radius 2 is 2.29 bits per heavy atom. The van der Waals surface area contributed by atoms with Gasteiger partial charge < -0.3 is 15.5 Å². The molecule has 2 aliphatic rings. The SMILES string of the molecule is CCCNC(=O)[C@H]1CCCN1c1nc(C2CNc3ncc(Cl)cc32)ncc1F. The fourth-order valence-corrected chi connectivity index (χ4v) is 3.97. The van der Waals surface area contributed by atoms with Gasteiger partial charge in [0.2, 0.25) is 5.91 Å². The Morgan fingerprint density at radius 3 is 3.11 bits per heavy atom. The molecule has 2 N–H and O–H groups in total. The van der Waals surface area contributed by atoms with Crippen LogP contribution in [0, 0.1) is 5.82 Å². The first kappa shape index (κ1) is 18.9. The van der Waals surface area contributed by atoms with Crippen molar-refractivity contribution in [2.24, 2.45) is 0 Å². The van der Waals surface area contributed by atoms with E-state index < -0.39 is 11.9 Å². The third kappa shape index (κ3) is 3.48. The molecule has 0 radical (unpaired) electrons. The van der Waals surface area contributed by atoms with Gasteiger partial charge in [0.15, 0.2) is 11.6 Å². The predicted octanol–water partition coefficient (Wildman–Crippen LogP) is 2.72. The van der Waals surface area contributed by atoms with Crippen LogP contribution in [0.5, 0.6) is 0 Å². The van der Waals surface area contributed by atoms with Crippen molar-refractivity contribution in [3.8, 4) is 0 Å². The number of anilines is 2. The number of pyridine rings is 1. The molecule has 7 nitrogen and oxygen atoms in total. The molecule has 2 atom stereocenters. The first-order valence-electron chi connectivity index (χ1n) is 9.54. The summed E-state index contributed by atoms with van der Waals surface area (Å²) in [4.78, 5) is 27.3. The van der Waals surface area contributed by atoms with Gasteiger partial charge in [-0.05, 0) is 25.3 Å². The minimum absolute atomic E-state index is 0.0808. The number of halogens is 2. The highest BCUT2D eigenvalue weighted by atomic mass is 35.5. The number of rotatable bonds is 5. The van der Waals surface area contributed by atoms with E-state index in [-0.39, 0.29) is 17.6 Å². The molecule has 2 aliphatic heterocycles. The van der Waals surface area contributed by atoms with Gasteiger partial charge in [0, 0.05) is 31.4 Å². The Balaban J connectivity index is 1.64. The van der Waals surface area contributed by atoms with Gasteiger partial charge >= 0.3 is 0 Å². The molecule has 1 amide bonds. The number of amides is 1. The van der Waals surface area contributed by atoms with Crippen LogP contribution in [0.1, 0.15) is 43.5 Å². The number of fused-ring (bicyclic) bond motifs is 1. The highest BCUT2D eigenvalue weighted by molar-refractivity contribution is 6.30. The van der Waals surface area contributed by atoms with Crippen LogP contribution in [0.4, 0.5) is 16.0 Å². The van der Waals surface area contributed by atoms with Gasteiger partial charge in [-0.3, -0.25) is 4.79 Å². The van der Waals surface area contributed by atoms with Crippen LogP contribution in [0.3, 0.4) is 0 Å². The van der Waals surface area contributed by atoms with Crippen LogP contribution < -0.4 is 15.5 Å². The smallest absolute Gasteiger partial charge is 0.242 e. The van der Waals surface area contributed by atoms with Crippen molar-refractivity contribution in [3.63, 3.8) is 0 Å². The Kier molecular flexibility index (Phi) is 5.30. The van der Waals surface area contributed by atoms with E-state index in [0.29, 0.717) is 36.9 Å². The normalized spacial score (nSPS) is 20.8. The van der Waals surface area contributed by atoms with Crippen molar-refractivity contribution in [2.75, 3.05) is 29.9 Å². The summed E-state index contributed by atoms with van der Waals surface area (Å²) in [5, 5.41) is 6.64. The fraction of sp³-hybridized carbons (Fsp3) is 0.474. The summed E-state index contributed by atoms with van der Waals surface area (Å²) in [7, 11) is 0. The van der Waals surface area contributed by atoms with E-state index >= 15 is 0 Å². The number of nitrogens with one attached hydrogen (secondary N) is 2. The van der Waals surface area contributed by atoms with Crippen molar-refractivity contribution in [1.82, 2.24) is 20.3 Å². The highest BCUT2D eigenvalue weighted by Crippen LogP contribution is 2.36. The van der Waals surface area contributed by atoms with Crippen LogP contribution in [0.15, 0.2) is 18.5 Å². The second-order valence-corrected chi connectivity index (χ2v) is 7.50. The average Bonchev–Trinajstić information content (AvgIpc) is 3.33. The predicted molar refractivity (Wildman–Crippen MR) is 105 cm³/mol. The molecule has 148 valence electrons. The van der Waals surface area contributed by atoms with Gasteiger partial charge in [0.1, 0.15) is 17.7 Å². The molecule has 0 saturated carbocycles. The zero-order valence-electron chi connectivity index (χ0n) is 15.6. The van der Waals surface area contributed by atoms with Crippen LogP contribution in [0.25, 0.3) is 0 Å². The molecule has 0 spiro atoms. The summed E-state index contributed by atoms with van der Waals surface area (Å²) in [6.07, 6.45) is 5.12. The lowest BCUT2D eigenvalue weighted by atomic mass is 10.0. The second kappa shape index (κ2) is 7.87. The number of hydrogen-bond donors (Lipinski definition) is 2.